The molecule has 0 aliphatic carbocycles. The van der Waals surface area contributed by atoms with Crippen molar-refractivity contribution in [3.63, 3.8) is 0 Å². The minimum Gasteiger partial charge on any atom is -0.468 e. The Kier molecular flexibility index (Phi) is 5.53. The molecule has 0 aliphatic rings. The summed E-state index contributed by atoms with van der Waals surface area (Å²) in [6, 6.07) is 9.50. The summed E-state index contributed by atoms with van der Waals surface area (Å²) in [5.74, 6) is -0.252. The van der Waals surface area contributed by atoms with E-state index in [-0.39, 0.29) is 12.0 Å². The van der Waals surface area contributed by atoms with Crippen molar-refractivity contribution in [3.8, 4) is 0 Å². The van der Waals surface area contributed by atoms with Gasteiger partial charge < -0.3 is 15.8 Å². The average Bonchev–Trinajstić information content (AvgIpc) is 2.34. The van der Waals surface area contributed by atoms with Gasteiger partial charge in [-0.05, 0) is 12.0 Å². The van der Waals surface area contributed by atoms with E-state index in [2.05, 4.69) is 5.32 Å². The summed E-state index contributed by atoms with van der Waals surface area (Å²) >= 11 is 0. The second kappa shape index (κ2) is 6.98. The van der Waals surface area contributed by atoms with Crippen LogP contribution in [-0.2, 0) is 16.0 Å². The van der Waals surface area contributed by atoms with Crippen molar-refractivity contribution >= 4 is 5.97 Å². The Labute approximate surface area is 95.8 Å². The minimum absolute atomic E-state index is 0.252. The highest BCUT2D eigenvalue weighted by Crippen LogP contribution is 2.04. The van der Waals surface area contributed by atoms with E-state index in [0.29, 0.717) is 19.5 Å². The van der Waals surface area contributed by atoms with E-state index in [9.17, 15) is 4.79 Å². The fourth-order valence-electron chi connectivity index (χ4n) is 1.49. The molecule has 0 unspecified atom stereocenters. The second-order valence-electron chi connectivity index (χ2n) is 3.51. The Balaban J connectivity index is 2.59. The van der Waals surface area contributed by atoms with Gasteiger partial charge in [-0.2, -0.15) is 0 Å². The number of nitrogens with one attached hydrogen (secondary N) is 1. The topological polar surface area (TPSA) is 64.3 Å². The fourth-order valence-corrected chi connectivity index (χ4v) is 1.49. The molecule has 0 aromatic heterocycles. The van der Waals surface area contributed by atoms with Crippen molar-refractivity contribution in [2.75, 3.05) is 20.2 Å². The summed E-state index contributed by atoms with van der Waals surface area (Å²) in [7, 11) is 1.39. The molecule has 0 fully saturated rings. The molecule has 0 saturated carbocycles. The van der Waals surface area contributed by atoms with Gasteiger partial charge in [0, 0.05) is 13.1 Å². The molecule has 1 aromatic carbocycles. The normalized spacial score (nSPS) is 12.1. The SMILES string of the molecule is COC(=O)[C@@H](Cc1ccccc1)NCCN. The van der Waals surface area contributed by atoms with Crippen molar-refractivity contribution in [1.29, 1.82) is 0 Å². The molecule has 3 N–H and O–H groups in total. The number of carbonyl (C=O) groups is 1. The molecule has 0 bridgehead atoms. The third kappa shape index (κ3) is 4.00. The second-order valence-corrected chi connectivity index (χ2v) is 3.51. The quantitative estimate of drug-likeness (QED) is 0.680. The highest BCUT2D eigenvalue weighted by molar-refractivity contribution is 5.76. The smallest absolute Gasteiger partial charge is 0.323 e. The number of carbonyl (C=O) groups excluding carboxylic acids is 1. The Bertz CT molecular complexity index is 314. The summed E-state index contributed by atoms with van der Waals surface area (Å²) in [5, 5.41) is 3.07. The van der Waals surface area contributed by atoms with E-state index < -0.39 is 0 Å². The maximum atomic E-state index is 11.5. The van der Waals surface area contributed by atoms with E-state index in [0.717, 1.165) is 5.56 Å². The number of methoxy groups -OCH3 is 1. The summed E-state index contributed by atoms with van der Waals surface area (Å²) in [4.78, 5) is 11.5. The number of nitrogens with two attached hydrogens (primary N) is 1. The zero-order chi connectivity index (χ0) is 11.8. The van der Waals surface area contributed by atoms with Gasteiger partial charge in [0.05, 0.1) is 7.11 Å². The molecule has 88 valence electrons. The van der Waals surface area contributed by atoms with Gasteiger partial charge in [-0.1, -0.05) is 30.3 Å². The molecule has 0 heterocycles. The Morgan fingerprint density at radius 1 is 1.44 bits per heavy atom. The van der Waals surface area contributed by atoms with Crippen LogP contribution in [0, 0.1) is 0 Å². The van der Waals surface area contributed by atoms with Crippen LogP contribution in [0.5, 0.6) is 0 Å². The Morgan fingerprint density at radius 2 is 2.12 bits per heavy atom. The summed E-state index contributed by atoms with van der Waals surface area (Å²) in [6.45, 7) is 1.11. The molecule has 1 aromatic rings. The van der Waals surface area contributed by atoms with Crippen LogP contribution in [0.1, 0.15) is 5.56 Å². The highest BCUT2D eigenvalue weighted by Gasteiger charge is 2.18. The van der Waals surface area contributed by atoms with E-state index in [1.54, 1.807) is 0 Å². The van der Waals surface area contributed by atoms with Gasteiger partial charge in [-0.3, -0.25) is 4.79 Å². The number of hydrogen-bond donors (Lipinski definition) is 2. The van der Waals surface area contributed by atoms with Gasteiger partial charge >= 0.3 is 5.97 Å². The van der Waals surface area contributed by atoms with Gasteiger partial charge in [0.2, 0.25) is 0 Å². The lowest BCUT2D eigenvalue weighted by atomic mass is 10.1. The molecule has 0 amide bonds. The summed E-state index contributed by atoms with van der Waals surface area (Å²) < 4.78 is 4.74. The number of esters is 1. The number of benzene rings is 1. The molecule has 0 spiro atoms. The molecule has 0 saturated heterocycles. The largest absolute Gasteiger partial charge is 0.468 e. The highest BCUT2D eigenvalue weighted by atomic mass is 16.5. The van der Waals surface area contributed by atoms with Gasteiger partial charge in [-0.25, -0.2) is 0 Å². The number of hydrogen-bond acceptors (Lipinski definition) is 4. The van der Waals surface area contributed by atoms with Gasteiger partial charge in [0.25, 0.3) is 0 Å². The number of ether oxygens (including phenoxy) is 1. The van der Waals surface area contributed by atoms with Crippen LogP contribution < -0.4 is 11.1 Å². The molecule has 1 atom stereocenters. The lowest BCUT2D eigenvalue weighted by Crippen LogP contribution is -2.41. The first-order chi connectivity index (χ1) is 7.77. The Hall–Kier alpha value is -1.39. The van der Waals surface area contributed by atoms with Crippen molar-refractivity contribution < 1.29 is 9.53 Å². The Morgan fingerprint density at radius 3 is 2.69 bits per heavy atom. The van der Waals surface area contributed by atoms with E-state index >= 15 is 0 Å². The molecule has 4 heteroatoms. The summed E-state index contributed by atoms with van der Waals surface area (Å²) in [5.41, 5.74) is 6.50. The zero-order valence-corrected chi connectivity index (χ0v) is 9.48. The van der Waals surface area contributed by atoms with E-state index in [1.807, 2.05) is 30.3 Å². The predicted octanol–water partition coefficient (Wildman–Crippen LogP) is 0.319. The fraction of sp³-hybridized carbons (Fsp3) is 0.417. The average molecular weight is 222 g/mol. The van der Waals surface area contributed by atoms with Crippen molar-refractivity contribution in [2.24, 2.45) is 5.73 Å². The molecule has 0 radical (unpaired) electrons. The van der Waals surface area contributed by atoms with Crippen LogP contribution in [0.2, 0.25) is 0 Å². The first kappa shape index (κ1) is 12.7. The monoisotopic (exact) mass is 222 g/mol. The standard InChI is InChI=1S/C12H18N2O2/c1-16-12(15)11(14-8-7-13)9-10-5-3-2-4-6-10/h2-6,11,14H,7-9,13H2,1H3/t11-/m1/s1. The van der Waals surface area contributed by atoms with Gasteiger partial charge in [-0.15, -0.1) is 0 Å². The minimum atomic E-state index is -0.323. The molecule has 4 nitrogen and oxygen atoms in total. The predicted molar refractivity (Wildman–Crippen MR) is 63.0 cm³/mol. The molecule has 16 heavy (non-hydrogen) atoms. The van der Waals surface area contributed by atoms with Crippen LogP contribution in [0.15, 0.2) is 30.3 Å². The van der Waals surface area contributed by atoms with Crippen molar-refractivity contribution in [1.82, 2.24) is 5.32 Å². The first-order valence-corrected chi connectivity index (χ1v) is 5.33. The maximum absolute atomic E-state index is 11.5. The first-order valence-electron chi connectivity index (χ1n) is 5.33. The maximum Gasteiger partial charge on any atom is 0.323 e. The van der Waals surface area contributed by atoms with Crippen molar-refractivity contribution in [3.05, 3.63) is 35.9 Å². The molecular formula is C12H18N2O2. The van der Waals surface area contributed by atoms with E-state index in [1.165, 1.54) is 7.11 Å². The van der Waals surface area contributed by atoms with Crippen LogP contribution >= 0.6 is 0 Å². The van der Waals surface area contributed by atoms with Crippen LogP contribution in [-0.4, -0.2) is 32.2 Å². The third-order valence-corrected chi connectivity index (χ3v) is 2.30. The molecule has 0 aliphatic heterocycles. The number of rotatable bonds is 6. The van der Waals surface area contributed by atoms with Gasteiger partial charge in [0.1, 0.15) is 6.04 Å². The summed E-state index contributed by atoms with van der Waals surface area (Å²) in [6.07, 6.45) is 0.619. The lowest BCUT2D eigenvalue weighted by Gasteiger charge is -2.15. The van der Waals surface area contributed by atoms with Crippen LogP contribution in [0.4, 0.5) is 0 Å². The van der Waals surface area contributed by atoms with E-state index in [4.69, 9.17) is 10.5 Å². The lowest BCUT2D eigenvalue weighted by molar-refractivity contribution is -0.143. The van der Waals surface area contributed by atoms with Crippen LogP contribution in [0.3, 0.4) is 0 Å². The van der Waals surface area contributed by atoms with Crippen molar-refractivity contribution in [2.45, 2.75) is 12.5 Å². The zero-order valence-electron chi connectivity index (χ0n) is 9.48. The van der Waals surface area contributed by atoms with Gasteiger partial charge in [0.15, 0.2) is 0 Å². The van der Waals surface area contributed by atoms with Crippen LogP contribution in [0.25, 0.3) is 0 Å². The third-order valence-electron chi connectivity index (χ3n) is 2.30. The molecular weight excluding hydrogens is 204 g/mol. The molecule has 1 rings (SSSR count).